The van der Waals surface area contributed by atoms with E-state index in [4.69, 9.17) is 5.11 Å². The van der Waals surface area contributed by atoms with Gasteiger partial charge in [0, 0.05) is 73.0 Å². The Labute approximate surface area is 263 Å². The minimum absolute atomic E-state index is 0. The second-order valence-electron chi connectivity index (χ2n) is 11.8. The van der Waals surface area contributed by atoms with E-state index < -0.39 is 16.8 Å². The van der Waals surface area contributed by atoms with Gasteiger partial charge in [0.25, 0.3) is 0 Å². The van der Waals surface area contributed by atoms with Crippen molar-refractivity contribution >= 4 is 52.2 Å². The lowest BCUT2D eigenvalue weighted by Crippen LogP contribution is -2.54. The standard InChI is InChI=1S/C22H36N4O5S.C9H12OS.H2/c1-16(20(28)14-32(2)31)17-7-10-24(11-17)12-18-5-3-9-26(18)21(29)13-25-8-4-6-19(22(25)30)23-15-27;1-8-5-6-9(11-8)4-2-3-7-10;/h15-19H,3-14H2,1-2H3,(H,23,27);2,4-6,10H,3,7H2,1H3;1H/b;4-2+;/t16?,17?,18-,19-,32?;;/m0../s1. The van der Waals surface area contributed by atoms with Crippen LogP contribution in [0.4, 0.5) is 0 Å². The number of nitrogens with zero attached hydrogens (tertiary/aromatic N) is 3. The van der Waals surface area contributed by atoms with E-state index in [9.17, 15) is 23.4 Å². The Bertz CT molecular complexity index is 1150. The van der Waals surface area contributed by atoms with E-state index >= 15 is 0 Å². The van der Waals surface area contributed by atoms with Crippen molar-refractivity contribution in [2.75, 3.05) is 57.9 Å². The molecule has 3 aliphatic rings. The molecule has 2 N–H and O–H groups in total. The third-order valence-electron chi connectivity index (χ3n) is 8.50. The predicted molar refractivity (Wildman–Crippen MR) is 173 cm³/mol. The largest absolute Gasteiger partial charge is 0.396 e. The Kier molecular flexibility index (Phi) is 14.5. The average molecular weight is 639 g/mol. The molecule has 3 amide bonds. The number of amides is 3. The van der Waals surface area contributed by atoms with Gasteiger partial charge in [0.05, 0.1) is 12.3 Å². The van der Waals surface area contributed by atoms with Gasteiger partial charge < -0.3 is 25.1 Å². The van der Waals surface area contributed by atoms with Crippen LogP contribution in [0.5, 0.6) is 0 Å². The minimum atomic E-state index is -1.10. The maximum Gasteiger partial charge on any atom is 0.245 e. The Hall–Kier alpha value is -2.41. The van der Waals surface area contributed by atoms with Crippen molar-refractivity contribution in [1.82, 2.24) is 20.0 Å². The van der Waals surface area contributed by atoms with Gasteiger partial charge in [-0.2, -0.15) is 0 Å². The number of Topliss-reactive ketones (excluding diaryl/α,β-unsaturated/α-hetero) is 1. The van der Waals surface area contributed by atoms with Crippen LogP contribution in [-0.4, -0.2) is 118 Å². The number of aliphatic hydroxyl groups is 1. The number of carbonyl (C=O) groups excluding carboxylic acids is 4. The van der Waals surface area contributed by atoms with Crippen molar-refractivity contribution in [2.24, 2.45) is 11.8 Å². The normalized spacial score (nSPS) is 24.1. The molecule has 4 rings (SSSR count). The molecule has 3 saturated heterocycles. The van der Waals surface area contributed by atoms with Gasteiger partial charge in [-0.3, -0.25) is 23.4 Å². The van der Waals surface area contributed by atoms with Crippen LogP contribution >= 0.6 is 11.3 Å². The lowest BCUT2D eigenvalue weighted by molar-refractivity contribution is -0.144. The first kappa shape index (κ1) is 35.1. The van der Waals surface area contributed by atoms with E-state index in [0.29, 0.717) is 25.9 Å². The Morgan fingerprint density at radius 2 is 1.98 bits per heavy atom. The molecule has 3 aliphatic heterocycles. The van der Waals surface area contributed by atoms with E-state index in [1.807, 2.05) is 24.0 Å². The zero-order valence-electron chi connectivity index (χ0n) is 25.7. The SMILES string of the molecule is CC(C(=O)CS(C)=O)C1CCN(C[C@@H]2CCCN2C(=O)CN2CCC[C@H](NC=O)C2=O)C1.Cc1ccc(/C=C/CCO)s1.[HH]. The molecule has 0 aromatic carbocycles. The molecule has 12 heteroatoms. The van der Waals surface area contributed by atoms with Gasteiger partial charge in [0.2, 0.25) is 18.2 Å². The van der Waals surface area contributed by atoms with Gasteiger partial charge >= 0.3 is 0 Å². The number of aliphatic hydroxyl groups excluding tert-OH is 1. The monoisotopic (exact) mass is 638 g/mol. The van der Waals surface area contributed by atoms with Crippen LogP contribution in [-0.2, 0) is 30.0 Å². The van der Waals surface area contributed by atoms with Crippen LogP contribution in [0.2, 0.25) is 0 Å². The van der Waals surface area contributed by atoms with Gasteiger partial charge in [-0.25, -0.2) is 0 Å². The number of rotatable bonds is 13. The van der Waals surface area contributed by atoms with Crippen LogP contribution in [0.15, 0.2) is 18.2 Å². The molecule has 0 aliphatic carbocycles. The summed E-state index contributed by atoms with van der Waals surface area (Å²) in [4.78, 5) is 57.0. The number of nitrogens with one attached hydrogen (secondary N) is 1. The predicted octanol–water partition coefficient (Wildman–Crippen LogP) is 2.32. The summed E-state index contributed by atoms with van der Waals surface area (Å²) < 4.78 is 11.4. The topological polar surface area (TPSA) is 127 Å². The quantitative estimate of drug-likeness (QED) is 0.318. The fraction of sp³-hybridized carbons (Fsp3) is 0.677. The van der Waals surface area contributed by atoms with Crippen molar-refractivity contribution in [3.8, 4) is 0 Å². The lowest BCUT2D eigenvalue weighted by atomic mass is 9.90. The zero-order valence-corrected chi connectivity index (χ0v) is 27.4. The number of ketones is 1. The highest BCUT2D eigenvalue weighted by Crippen LogP contribution is 2.27. The maximum absolute atomic E-state index is 13.0. The van der Waals surface area contributed by atoms with Crippen molar-refractivity contribution in [1.29, 1.82) is 0 Å². The number of likely N-dealkylation sites (tertiary alicyclic amines) is 3. The number of carbonyl (C=O) groups is 4. The Morgan fingerprint density at radius 3 is 2.65 bits per heavy atom. The van der Waals surface area contributed by atoms with E-state index in [2.05, 4.69) is 29.3 Å². The van der Waals surface area contributed by atoms with Crippen LogP contribution in [0.1, 0.15) is 56.6 Å². The molecule has 3 unspecified atom stereocenters. The molecular formula is C31H50N4O6S2. The van der Waals surface area contributed by atoms with Gasteiger partial charge in [-0.15, -0.1) is 11.3 Å². The summed E-state index contributed by atoms with van der Waals surface area (Å²) in [5.74, 6) is 0.164. The van der Waals surface area contributed by atoms with Crippen molar-refractivity contribution < 1.29 is 29.9 Å². The fourth-order valence-corrected chi connectivity index (χ4v) is 7.56. The van der Waals surface area contributed by atoms with E-state index in [-0.39, 0.29) is 55.8 Å². The number of hydrogen-bond donors (Lipinski definition) is 2. The molecule has 242 valence electrons. The Balaban J connectivity index is 0.000000475. The van der Waals surface area contributed by atoms with Crippen LogP contribution in [0.25, 0.3) is 6.08 Å². The molecule has 0 bridgehead atoms. The Morgan fingerprint density at radius 1 is 1.21 bits per heavy atom. The van der Waals surface area contributed by atoms with Crippen LogP contribution < -0.4 is 5.32 Å². The van der Waals surface area contributed by atoms with E-state index in [1.54, 1.807) is 22.5 Å². The maximum atomic E-state index is 13.0. The summed E-state index contributed by atoms with van der Waals surface area (Å²) in [6.07, 6.45) is 11.1. The van der Waals surface area contributed by atoms with Gasteiger partial charge in [0.1, 0.15) is 11.8 Å². The molecule has 1 aromatic heterocycles. The number of hydrogen-bond acceptors (Lipinski definition) is 8. The molecule has 1 aromatic rings. The van der Waals surface area contributed by atoms with Crippen molar-refractivity contribution in [3.63, 3.8) is 0 Å². The number of aryl methyl sites for hydroxylation is 1. The second kappa shape index (κ2) is 17.8. The van der Waals surface area contributed by atoms with Gasteiger partial charge in [-0.1, -0.05) is 13.0 Å². The van der Waals surface area contributed by atoms with E-state index in [0.717, 1.165) is 51.7 Å². The molecule has 4 heterocycles. The van der Waals surface area contributed by atoms with Crippen LogP contribution in [0.3, 0.4) is 0 Å². The van der Waals surface area contributed by atoms with Gasteiger partial charge in [0.15, 0.2) is 0 Å². The summed E-state index contributed by atoms with van der Waals surface area (Å²) in [5, 5.41) is 11.1. The minimum Gasteiger partial charge on any atom is -0.396 e. The summed E-state index contributed by atoms with van der Waals surface area (Å²) in [7, 11) is -1.10. The molecule has 0 saturated carbocycles. The summed E-state index contributed by atoms with van der Waals surface area (Å²) in [5.41, 5.74) is 0. The lowest BCUT2D eigenvalue weighted by Gasteiger charge is -2.34. The molecule has 0 spiro atoms. The molecule has 0 radical (unpaired) electrons. The molecule has 43 heavy (non-hydrogen) atoms. The average Bonchev–Trinajstić information content (AvgIpc) is 3.73. The highest BCUT2D eigenvalue weighted by atomic mass is 32.2. The first-order valence-electron chi connectivity index (χ1n) is 15.3. The number of thiophene rings is 1. The summed E-state index contributed by atoms with van der Waals surface area (Å²) in [6, 6.07) is 3.79. The fourth-order valence-electron chi connectivity index (χ4n) is 6.09. The van der Waals surface area contributed by atoms with Crippen molar-refractivity contribution in [2.45, 2.75) is 64.5 Å². The molecule has 3 fully saturated rings. The molecule has 10 nitrogen and oxygen atoms in total. The smallest absolute Gasteiger partial charge is 0.245 e. The van der Waals surface area contributed by atoms with E-state index in [1.165, 1.54) is 9.75 Å². The van der Waals surface area contributed by atoms with Crippen LogP contribution in [0, 0.1) is 18.8 Å². The third-order valence-corrected chi connectivity index (χ3v) is 10.2. The zero-order chi connectivity index (χ0) is 31.4. The summed E-state index contributed by atoms with van der Waals surface area (Å²) >= 11 is 1.77. The third kappa shape index (κ3) is 10.9. The first-order valence-corrected chi connectivity index (χ1v) is 17.8. The van der Waals surface area contributed by atoms with Gasteiger partial charge in [-0.05, 0) is 76.1 Å². The first-order chi connectivity index (χ1) is 20.6. The van der Waals surface area contributed by atoms with Crippen molar-refractivity contribution in [3.05, 3.63) is 28.0 Å². The molecular weight excluding hydrogens is 588 g/mol. The second-order valence-corrected chi connectivity index (χ2v) is 14.5. The highest BCUT2D eigenvalue weighted by Gasteiger charge is 2.37. The summed E-state index contributed by atoms with van der Waals surface area (Å²) in [6.45, 7) is 8.09. The number of piperidine rings is 1. The molecule has 5 atom stereocenters. The highest BCUT2D eigenvalue weighted by molar-refractivity contribution is 7.85.